The second-order valence-electron chi connectivity index (χ2n) is 4.03. The van der Waals surface area contributed by atoms with E-state index in [0.717, 1.165) is 25.7 Å². The summed E-state index contributed by atoms with van der Waals surface area (Å²) < 4.78 is 1.55. The van der Waals surface area contributed by atoms with Crippen LogP contribution in [0.5, 0.6) is 0 Å². The standard InChI is InChI=1S/C10H15N3O2/c11-7-3-1-2-4-8(7)13-6-5-9(14)12-10(13)15/h5-8H,1-4,11H2,(H,12,14,15)/t7-,8+/m0/s1. The smallest absolute Gasteiger partial charge is 0.326 e. The van der Waals surface area contributed by atoms with E-state index in [2.05, 4.69) is 4.98 Å². The van der Waals surface area contributed by atoms with E-state index >= 15 is 0 Å². The maximum absolute atomic E-state index is 11.5. The number of nitrogens with two attached hydrogens (primary N) is 1. The fraction of sp³-hybridized carbons (Fsp3) is 0.600. The van der Waals surface area contributed by atoms with Crippen LogP contribution in [0.4, 0.5) is 0 Å². The Hall–Kier alpha value is -1.36. The number of nitrogens with zero attached hydrogens (tertiary/aromatic N) is 1. The van der Waals surface area contributed by atoms with Crippen LogP contribution < -0.4 is 17.0 Å². The van der Waals surface area contributed by atoms with Gasteiger partial charge in [0.25, 0.3) is 5.56 Å². The van der Waals surface area contributed by atoms with E-state index in [1.165, 1.54) is 12.3 Å². The fourth-order valence-corrected chi connectivity index (χ4v) is 2.17. The molecule has 15 heavy (non-hydrogen) atoms. The summed E-state index contributed by atoms with van der Waals surface area (Å²) >= 11 is 0. The summed E-state index contributed by atoms with van der Waals surface area (Å²) in [5.41, 5.74) is 5.25. The summed E-state index contributed by atoms with van der Waals surface area (Å²) in [6.07, 6.45) is 5.60. The number of aromatic nitrogens is 2. The molecule has 0 aliphatic heterocycles. The van der Waals surface area contributed by atoms with Crippen molar-refractivity contribution in [3.05, 3.63) is 33.1 Å². The highest BCUT2D eigenvalue weighted by molar-refractivity contribution is 4.90. The molecule has 2 atom stereocenters. The molecule has 0 unspecified atom stereocenters. The quantitative estimate of drug-likeness (QED) is 0.682. The van der Waals surface area contributed by atoms with Crippen molar-refractivity contribution in [3.63, 3.8) is 0 Å². The van der Waals surface area contributed by atoms with Crippen LogP contribution in [0, 0.1) is 0 Å². The number of rotatable bonds is 1. The largest absolute Gasteiger partial charge is 0.328 e. The van der Waals surface area contributed by atoms with E-state index in [1.807, 2.05) is 0 Å². The number of aromatic amines is 1. The first kappa shape index (κ1) is 10.2. The number of nitrogens with one attached hydrogen (secondary N) is 1. The van der Waals surface area contributed by atoms with Crippen molar-refractivity contribution in [3.8, 4) is 0 Å². The molecule has 1 heterocycles. The van der Waals surface area contributed by atoms with Gasteiger partial charge in [-0.05, 0) is 12.8 Å². The molecule has 5 nitrogen and oxygen atoms in total. The normalized spacial score (nSPS) is 26.5. The number of hydrogen-bond donors (Lipinski definition) is 2. The molecular weight excluding hydrogens is 194 g/mol. The van der Waals surface area contributed by atoms with Gasteiger partial charge in [-0.15, -0.1) is 0 Å². The predicted molar refractivity (Wildman–Crippen MR) is 56.8 cm³/mol. The van der Waals surface area contributed by atoms with Gasteiger partial charge in [0.1, 0.15) is 0 Å². The summed E-state index contributed by atoms with van der Waals surface area (Å²) in [7, 11) is 0. The second-order valence-corrected chi connectivity index (χ2v) is 4.03. The molecular formula is C10H15N3O2. The highest BCUT2D eigenvalue weighted by Crippen LogP contribution is 2.25. The summed E-state index contributed by atoms with van der Waals surface area (Å²) in [5.74, 6) is 0. The minimum Gasteiger partial charge on any atom is -0.326 e. The zero-order valence-electron chi connectivity index (χ0n) is 8.48. The van der Waals surface area contributed by atoms with Crippen molar-refractivity contribution >= 4 is 0 Å². The monoisotopic (exact) mass is 209 g/mol. The summed E-state index contributed by atoms with van der Waals surface area (Å²) in [5, 5.41) is 0. The average molecular weight is 209 g/mol. The molecule has 1 saturated carbocycles. The van der Waals surface area contributed by atoms with Crippen LogP contribution in [0.3, 0.4) is 0 Å². The first-order valence-corrected chi connectivity index (χ1v) is 5.25. The first-order valence-electron chi connectivity index (χ1n) is 5.25. The Labute approximate surface area is 86.9 Å². The van der Waals surface area contributed by atoms with Gasteiger partial charge in [0.2, 0.25) is 0 Å². The first-order chi connectivity index (χ1) is 7.18. The van der Waals surface area contributed by atoms with Gasteiger partial charge in [-0.25, -0.2) is 4.79 Å². The Morgan fingerprint density at radius 1 is 1.33 bits per heavy atom. The van der Waals surface area contributed by atoms with Crippen LogP contribution in [0.25, 0.3) is 0 Å². The zero-order chi connectivity index (χ0) is 10.8. The Kier molecular flexibility index (Phi) is 2.73. The fourth-order valence-electron chi connectivity index (χ4n) is 2.17. The molecule has 1 aliphatic carbocycles. The Morgan fingerprint density at radius 3 is 2.73 bits per heavy atom. The lowest BCUT2D eigenvalue weighted by atomic mass is 9.91. The van der Waals surface area contributed by atoms with Gasteiger partial charge in [0.05, 0.1) is 6.04 Å². The molecule has 0 saturated heterocycles. The Balaban J connectivity index is 2.36. The molecule has 1 aliphatic rings. The Bertz CT molecular complexity index is 448. The van der Waals surface area contributed by atoms with E-state index in [0.29, 0.717) is 0 Å². The summed E-state index contributed by atoms with van der Waals surface area (Å²) in [6, 6.07) is 1.41. The van der Waals surface area contributed by atoms with Gasteiger partial charge in [-0.2, -0.15) is 0 Å². The van der Waals surface area contributed by atoms with Gasteiger partial charge in [-0.3, -0.25) is 14.3 Å². The highest BCUT2D eigenvalue weighted by Gasteiger charge is 2.23. The molecule has 3 N–H and O–H groups in total. The Morgan fingerprint density at radius 2 is 2.07 bits per heavy atom. The van der Waals surface area contributed by atoms with E-state index in [4.69, 9.17) is 5.73 Å². The summed E-state index contributed by atoms with van der Waals surface area (Å²) in [6.45, 7) is 0. The topological polar surface area (TPSA) is 80.9 Å². The third kappa shape index (κ3) is 2.02. The number of hydrogen-bond acceptors (Lipinski definition) is 3. The molecule has 0 amide bonds. The molecule has 1 aromatic heterocycles. The maximum atomic E-state index is 11.5. The van der Waals surface area contributed by atoms with E-state index in [1.54, 1.807) is 4.57 Å². The van der Waals surface area contributed by atoms with Crippen LogP contribution in [-0.4, -0.2) is 15.6 Å². The van der Waals surface area contributed by atoms with Crippen LogP contribution in [0.2, 0.25) is 0 Å². The van der Waals surface area contributed by atoms with Crippen molar-refractivity contribution in [2.24, 2.45) is 5.73 Å². The minimum atomic E-state index is -0.361. The molecule has 0 spiro atoms. The SMILES string of the molecule is N[C@H]1CCCC[C@H]1n1ccc(=O)[nH]c1=O. The van der Waals surface area contributed by atoms with Gasteiger partial charge in [0, 0.05) is 18.3 Å². The molecule has 1 fully saturated rings. The summed E-state index contributed by atoms with van der Waals surface area (Å²) in [4.78, 5) is 24.7. The molecule has 0 radical (unpaired) electrons. The van der Waals surface area contributed by atoms with Crippen LogP contribution in [0.1, 0.15) is 31.7 Å². The second kappa shape index (κ2) is 4.02. The van der Waals surface area contributed by atoms with Crippen molar-refractivity contribution in [2.45, 2.75) is 37.8 Å². The average Bonchev–Trinajstić information content (AvgIpc) is 2.20. The molecule has 2 rings (SSSR count). The zero-order valence-corrected chi connectivity index (χ0v) is 8.48. The van der Waals surface area contributed by atoms with Gasteiger partial charge < -0.3 is 5.73 Å². The maximum Gasteiger partial charge on any atom is 0.328 e. The molecule has 0 bridgehead atoms. The molecule has 0 aromatic carbocycles. The van der Waals surface area contributed by atoms with E-state index < -0.39 is 0 Å². The lowest BCUT2D eigenvalue weighted by Crippen LogP contribution is -2.41. The number of H-pyrrole nitrogens is 1. The van der Waals surface area contributed by atoms with Crippen LogP contribution in [0.15, 0.2) is 21.9 Å². The van der Waals surface area contributed by atoms with E-state index in [-0.39, 0.29) is 23.3 Å². The van der Waals surface area contributed by atoms with Crippen LogP contribution in [-0.2, 0) is 0 Å². The third-order valence-corrected chi connectivity index (χ3v) is 2.99. The van der Waals surface area contributed by atoms with Gasteiger partial charge in [0.15, 0.2) is 0 Å². The van der Waals surface area contributed by atoms with Gasteiger partial charge >= 0.3 is 5.69 Å². The van der Waals surface area contributed by atoms with Crippen molar-refractivity contribution in [1.82, 2.24) is 9.55 Å². The predicted octanol–water partition coefficient (Wildman–Crippen LogP) is -0.0210. The van der Waals surface area contributed by atoms with Crippen molar-refractivity contribution in [2.75, 3.05) is 0 Å². The van der Waals surface area contributed by atoms with Gasteiger partial charge in [-0.1, -0.05) is 12.8 Å². The molecule has 1 aromatic rings. The lowest BCUT2D eigenvalue weighted by Gasteiger charge is -2.29. The highest BCUT2D eigenvalue weighted by atomic mass is 16.2. The lowest BCUT2D eigenvalue weighted by molar-refractivity contribution is 0.297. The molecule has 5 heteroatoms. The molecule has 82 valence electrons. The van der Waals surface area contributed by atoms with Crippen molar-refractivity contribution < 1.29 is 0 Å². The van der Waals surface area contributed by atoms with Crippen LogP contribution >= 0.6 is 0 Å². The third-order valence-electron chi connectivity index (χ3n) is 2.99. The van der Waals surface area contributed by atoms with E-state index in [9.17, 15) is 9.59 Å². The minimum absolute atomic E-state index is 0.0161. The van der Waals surface area contributed by atoms with Crippen molar-refractivity contribution in [1.29, 1.82) is 0 Å².